The van der Waals surface area contributed by atoms with Gasteiger partial charge < -0.3 is 34.4 Å². The minimum Gasteiger partial charge on any atom is -0.491 e. The number of benzene rings is 1. The Bertz CT molecular complexity index is 1420. The Balaban J connectivity index is 1.50. The maximum atomic E-state index is 13.4. The topological polar surface area (TPSA) is 104 Å². The molecule has 0 radical (unpaired) electrons. The van der Waals surface area contributed by atoms with E-state index < -0.39 is 5.72 Å². The molecule has 2 N–H and O–H groups in total. The summed E-state index contributed by atoms with van der Waals surface area (Å²) in [4.78, 5) is 32.5. The molecule has 0 saturated carbocycles. The van der Waals surface area contributed by atoms with E-state index in [0.29, 0.717) is 75.8 Å². The number of piperazine rings is 1. The lowest BCUT2D eigenvalue weighted by molar-refractivity contribution is -0.177. The van der Waals surface area contributed by atoms with E-state index in [4.69, 9.17) is 25.8 Å². The number of methoxy groups -OCH3 is 1. The van der Waals surface area contributed by atoms with Crippen LogP contribution in [0.4, 0.5) is 5.69 Å². The normalized spacial score (nSPS) is 21.8. The SMILES string of the molecule is CCCC1=CC(Cl)=CCC1C1COc2ccc(C(=O)NC)cc2N(CCCC(C)[C@@](O)(CCCC(C)C(C)C)N2CCN(CCOCCOC)C(=O)C2)C1. The molecule has 11 heteroatoms. The summed E-state index contributed by atoms with van der Waals surface area (Å²) in [6.07, 6.45) is 11.4. The molecule has 3 aliphatic rings. The molecule has 4 rings (SSSR count). The Morgan fingerprint density at radius 3 is 2.59 bits per heavy atom. The second kappa shape index (κ2) is 21.6. The molecule has 304 valence electrons. The van der Waals surface area contributed by atoms with Crippen molar-refractivity contribution in [2.45, 2.75) is 91.7 Å². The Morgan fingerprint density at radius 1 is 1.09 bits per heavy atom. The van der Waals surface area contributed by atoms with Gasteiger partial charge in [0, 0.05) is 63.4 Å². The third-order valence-electron chi connectivity index (χ3n) is 12.2. The summed E-state index contributed by atoms with van der Waals surface area (Å²) < 4.78 is 17.2. The van der Waals surface area contributed by atoms with Crippen LogP contribution in [0.3, 0.4) is 0 Å². The van der Waals surface area contributed by atoms with Gasteiger partial charge in [-0.15, -0.1) is 0 Å². The number of rotatable bonds is 21. The predicted octanol–water partition coefficient (Wildman–Crippen LogP) is 7.10. The van der Waals surface area contributed by atoms with Gasteiger partial charge in [-0.3, -0.25) is 14.5 Å². The second-order valence-electron chi connectivity index (χ2n) is 16.1. The van der Waals surface area contributed by atoms with Crippen molar-refractivity contribution in [3.05, 3.63) is 46.5 Å². The first-order valence-corrected chi connectivity index (χ1v) is 20.9. The minimum absolute atomic E-state index is 0.0345. The predicted molar refractivity (Wildman–Crippen MR) is 218 cm³/mol. The number of allylic oxidation sites excluding steroid dienone is 4. The van der Waals surface area contributed by atoms with Crippen LogP contribution in [0.15, 0.2) is 41.0 Å². The van der Waals surface area contributed by atoms with Gasteiger partial charge in [0.15, 0.2) is 0 Å². The van der Waals surface area contributed by atoms with Crippen molar-refractivity contribution in [3.63, 3.8) is 0 Å². The number of fused-ring (bicyclic) bond motifs is 1. The molecule has 2 amide bonds. The van der Waals surface area contributed by atoms with Crippen LogP contribution in [0.2, 0.25) is 0 Å². The van der Waals surface area contributed by atoms with Crippen LogP contribution >= 0.6 is 11.6 Å². The van der Waals surface area contributed by atoms with Gasteiger partial charge in [-0.2, -0.15) is 0 Å². The molecule has 1 aliphatic carbocycles. The highest BCUT2D eigenvalue weighted by Crippen LogP contribution is 2.41. The number of aliphatic hydroxyl groups is 1. The molecule has 10 nitrogen and oxygen atoms in total. The van der Waals surface area contributed by atoms with E-state index in [2.05, 4.69) is 57.0 Å². The second-order valence-corrected chi connectivity index (χ2v) is 16.6. The summed E-state index contributed by atoms with van der Waals surface area (Å²) >= 11 is 6.50. The molecule has 0 aromatic heterocycles. The quantitative estimate of drug-likeness (QED) is 0.128. The fourth-order valence-electron chi connectivity index (χ4n) is 8.28. The fourth-order valence-corrected chi connectivity index (χ4v) is 8.51. The number of carbonyl (C=O) groups is 2. The van der Waals surface area contributed by atoms with Crippen LogP contribution < -0.4 is 15.0 Å². The van der Waals surface area contributed by atoms with E-state index in [1.54, 1.807) is 14.2 Å². The number of nitrogens with zero attached hydrogens (tertiary/aromatic N) is 3. The first kappa shape index (κ1) is 44.1. The number of carbonyl (C=O) groups excluding carboxylic acids is 2. The van der Waals surface area contributed by atoms with Gasteiger partial charge >= 0.3 is 0 Å². The van der Waals surface area contributed by atoms with E-state index in [-0.39, 0.29) is 30.2 Å². The van der Waals surface area contributed by atoms with Gasteiger partial charge in [0.05, 0.1) is 38.7 Å². The van der Waals surface area contributed by atoms with Crippen molar-refractivity contribution in [2.24, 2.45) is 29.6 Å². The van der Waals surface area contributed by atoms with Crippen molar-refractivity contribution < 1.29 is 28.9 Å². The molecule has 0 spiro atoms. The maximum absolute atomic E-state index is 13.4. The summed E-state index contributed by atoms with van der Waals surface area (Å²) in [5, 5.41) is 16.2. The maximum Gasteiger partial charge on any atom is 0.251 e. The Kier molecular flexibility index (Phi) is 17.6. The molecule has 1 fully saturated rings. The van der Waals surface area contributed by atoms with Crippen LogP contribution in [0.25, 0.3) is 0 Å². The molecule has 54 heavy (non-hydrogen) atoms. The number of ether oxygens (including phenoxy) is 3. The molecule has 1 aromatic carbocycles. The molecule has 0 bridgehead atoms. The van der Waals surface area contributed by atoms with E-state index in [1.807, 2.05) is 28.0 Å². The molecule has 2 heterocycles. The van der Waals surface area contributed by atoms with Crippen molar-refractivity contribution >= 4 is 29.1 Å². The van der Waals surface area contributed by atoms with Gasteiger partial charge in [0.25, 0.3) is 5.91 Å². The lowest BCUT2D eigenvalue weighted by Gasteiger charge is -2.47. The third-order valence-corrected chi connectivity index (χ3v) is 12.4. The Hall–Kier alpha value is -2.63. The highest BCUT2D eigenvalue weighted by molar-refractivity contribution is 6.31. The highest BCUT2D eigenvalue weighted by atomic mass is 35.5. The zero-order chi connectivity index (χ0) is 39.3. The number of halogens is 1. The first-order chi connectivity index (χ1) is 25.9. The van der Waals surface area contributed by atoms with E-state index in [0.717, 1.165) is 74.5 Å². The van der Waals surface area contributed by atoms with Crippen LogP contribution in [0.5, 0.6) is 5.75 Å². The monoisotopic (exact) mass is 772 g/mol. The summed E-state index contributed by atoms with van der Waals surface area (Å²) in [7, 11) is 3.30. The van der Waals surface area contributed by atoms with Crippen LogP contribution in [0.1, 0.15) is 96.3 Å². The third kappa shape index (κ3) is 11.9. The fraction of sp³-hybridized carbons (Fsp3) is 0.721. The Morgan fingerprint density at radius 2 is 1.89 bits per heavy atom. The summed E-state index contributed by atoms with van der Waals surface area (Å²) in [6.45, 7) is 16.7. The molecular formula is C43H69ClN4O6. The number of nitrogens with one attached hydrogen (secondary N) is 1. The Labute approximate surface area is 330 Å². The molecule has 1 aromatic rings. The van der Waals surface area contributed by atoms with Crippen LogP contribution in [0, 0.1) is 29.6 Å². The van der Waals surface area contributed by atoms with E-state index >= 15 is 0 Å². The van der Waals surface area contributed by atoms with Gasteiger partial charge in [-0.05, 0) is 86.5 Å². The smallest absolute Gasteiger partial charge is 0.251 e. The summed E-state index contributed by atoms with van der Waals surface area (Å²) in [6, 6.07) is 5.72. The van der Waals surface area contributed by atoms with Crippen molar-refractivity contribution in [1.29, 1.82) is 0 Å². The van der Waals surface area contributed by atoms with Gasteiger partial charge in [0.2, 0.25) is 5.91 Å². The van der Waals surface area contributed by atoms with Gasteiger partial charge in [0.1, 0.15) is 11.5 Å². The lowest BCUT2D eigenvalue weighted by atomic mass is 9.79. The average molecular weight is 773 g/mol. The number of hydrogen-bond donors (Lipinski definition) is 2. The highest BCUT2D eigenvalue weighted by Gasteiger charge is 2.43. The standard InChI is InChI=1S/C43H69ClN4O6/c1-8-11-34-26-37(44)15-16-38(34)36-28-47(39-27-35(42(50)45-6)14-17-40(39)54-30-36)19-10-13-33(5)43(51,18-9-12-32(4)31(2)3)48-21-20-46(41(49)29-48)22-23-53-25-24-52-7/h14-15,17,26-27,31-33,36,38,51H,8-13,16,18-25,28-30H2,1-7H3,(H,45,50)/t32?,33?,36?,38?,43-/m0/s1. The van der Waals surface area contributed by atoms with Crippen molar-refractivity contribution in [3.8, 4) is 5.75 Å². The average Bonchev–Trinajstić information content (AvgIpc) is 3.33. The van der Waals surface area contributed by atoms with Crippen LogP contribution in [-0.2, 0) is 14.3 Å². The van der Waals surface area contributed by atoms with E-state index in [9.17, 15) is 14.7 Å². The number of hydrogen-bond acceptors (Lipinski definition) is 8. The van der Waals surface area contributed by atoms with Crippen LogP contribution in [-0.4, -0.2) is 112 Å². The molecular weight excluding hydrogens is 704 g/mol. The zero-order valence-corrected chi connectivity index (χ0v) is 35.0. The van der Waals surface area contributed by atoms with E-state index in [1.165, 1.54) is 5.57 Å². The zero-order valence-electron chi connectivity index (χ0n) is 34.2. The number of anilines is 1. The lowest BCUT2D eigenvalue weighted by Crippen LogP contribution is -2.62. The summed E-state index contributed by atoms with van der Waals surface area (Å²) in [5.74, 6) is 2.34. The largest absolute Gasteiger partial charge is 0.491 e. The molecule has 5 atom stereocenters. The van der Waals surface area contributed by atoms with Gasteiger partial charge in [-0.1, -0.05) is 70.7 Å². The van der Waals surface area contributed by atoms with Crippen molar-refractivity contribution in [2.75, 3.05) is 84.8 Å². The minimum atomic E-state index is -1.10. The molecule has 4 unspecified atom stereocenters. The molecule has 1 saturated heterocycles. The number of amides is 2. The first-order valence-electron chi connectivity index (χ1n) is 20.5. The van der Waals surface area contributed by atoms with Crippen molar-refractivity contribution in [1.82, 2.24) is 15.1 Å². The molecule has 2 aliphatic heterocycles. The summed E-state index contributed by atoms with van der Waals surface area (Å²) in [5.41, 5.74) is 1.82. The van der Waals surface area contributed by atoms with Gasteiger partial charge in [-0.25, -0.2) is 0 Å².